The highest BCUT2D eigenvalue weighted by Gasteiger charge is 2.21. The second kappa shape index (κ2) is 8.17. The Morgan fingerprint density at radius 3 is 2.81 bits per heavy atom. The molecule has 2 N–H and O–H groups in total. The van der Waals surface area contributed by atoms with Crippen LogP contribution in [0.5, 0.6) is 17.4 Å². The first-order valence-corrected chi connectivity index (χ1v) is 7.76. The zero-order chi connectivity index (χ0) is 19.3. The van der Waals surface area contributed by atoms with Crippen LogP contribution in [0.3, 0.4) is 0 Å². The summed E-state index contributed by atoms with van der Waals surface area (Å²) in [6.45, 7) is 0.00619. The maximum absolute atomic E-state index is 11.7. The summed E-state index contributed by atoms with van der Waals surface area (Å²) >= 11 is 3.33. The number of aromatic nitrogens is 2. The first-order valence-electron chi connectivity index (χ1n) is 6.97. The van der Waals surface area contributed by atoms with Gasteiger partial charge in [0.1, 0.15) is 12.4 Å². The van der Waals surface area contributed by atoms with Gasteiger partial charge in [-0.05, 0) is 24.3 Å². The molecule has 26 heavy (non-hydrogen) atoms. The Kier molecular flexibility index (Phi) is 5.98. The van der Waals surface area contributed by atoms with Crippen molar-refractivity contribution in [2.45, 2.75) is 0 Å². The van der Waals surface area contributed by atoms with E-state index in [4.69, 9.17) is 15.9 Å². The van der Waals surface area contributed by atoms with E-state index < -0.39 is 22.0 Å². The number of terminal acetylenes is 1. The summed E-state index contributed by atoms with van der Waals surface area (Å²) in [4.78, 5) is 27.1. The van der Waals surface area contributed by atoms with E-state index >= 15 is 0 Å². The summed E-state index contributed by atoms with van der Waals surface area (Å²) in [7, 11) is 1.46. The Bertz CT molecular complexity index is 977. The van der Waals surface area contributed by atoms with E-state index in [0.717, 1.165) is 0 Å². The standard InChI is InChI=1S/C16H12BrN3O6/c1-3-6-26-14-9(7-10(17)8-11(14)25-2)4-5-12-18-15(21)13(20(23)24)16(22)19-12/h1,4-5,7-8H,6H2,2H3,(H2,18,19,21,22). The molecule has 9 nitrogen and oxygen atoms in total. The molecule has 0 saturated heterocycles. The molecule has 0 saturated carbocycles. The zero-order valence-electron chi connectivity index (χ0n) is 13.4. The van der Waals surface area contributed by atoms with Gasteiger partial charge in [-0.2, -0.15) is 4.98 Å². The molecule has 0 aliphatic rings. The molecule has 0 fully saturated rings. The van der Waals surface area contributed by atoms with Crippen molar-refractivity contribution in [2.24, 2.45) is 0 Å². The van der Waals surface area contributed by atoms with Crippen LogP contribution >= 0.6 is 15.9 Å². The number of ether oxygens (including phenoxy) is 2. The van der Waals surface area contributed by atoms with Crippen LogP contribution in [0, 0.1) is 22.5 Å². The second-order valence-electron chi connectivity index (χ2n) is 4.73. The van der Waals surface area contributed by atoms with Gasteiger partial charge in [0.05, 0.1) is 12.0 Å². The highest BCUT2D eigenvalue weighted by atomic mass is 79.9. The number of H-pyrrole nitrogens is 1. The fraction of sp³-hybridized carbons (Fsp3) is 0.125. The molecule has 0 amide bonds. The van der Waals surface area contributed by atoms with E-state index in [1.54, 1.807) is 12.1 Å². The normalized spacial score (nSPS) is 10.5. The van der Waals surface area contributed by atoms with Crippen LogP contribution in [0.1, 0.15) is 11.4 Å². The summed E-state index contributed by atoms with van der Waals surface area (Å²) < 4.78 is 11.4. The van der Waals surface area contributed by atoms with Crippen LogP contribution in [0.25, 0.3) is 12.2 Å². The SMILES string of the molecule is C#CCOc1c(C=Cc2nc(O)c([N+](=O)[O-])c(=O)[nH]2)cc(Br)cc1OC. The largest absolute Gasteiger partial charge is 0.493 e. The number of methoxy groups -OCH3 is 1. The van der Waals surface area contributed by atoms with Crippen LogP contribution < -0.4 is 15.0 Å². The van der Waals surface area contributed by atoms with Gasteiger partial charge in [-0.15, -0.1) is 6.42 Å². The maximum atomic E-state index is 11.7. The minimum absolute atomic E-state index is 0.00619. The summed E-state index contributed by atoms with van der Waals surface area (Å²) in [5.41, 5.74) is -1.56. The molecule has 2 aromatic rings. The zero-order valence-corrected chi connectivity index (χ0v) is 14.9. The lowest BCUT2D eigenvalue weighted by atomic mass is 10.1. The number of hydrogen-bond donors (Lipinski definition) is 2. The topological polar surface area (TPSA) is 128 Å². The molecule has 134 valence electrons. The van der Waals surface area contributed by atoms with Crippen molar-refractivity contribution in [1.29, 1.82) is 0 Å². The molecule has 1 heterocycles. The summed E-state index contributed by atoms with van der Waals surface area (Å²) in [5.74, 6) is 2.06. The summed E-state index contributed by atoms with van der Waals surface area (Å²) in [5, 5.41) is 20.3. The number of aromatic amines is 1. The molecular formula is C16H12BrN3O6. The van der Waals surface area contributed by atoms with Gasteiger partial charge in [-0.25, -0.2) is 0 Å². The number of nitrogens with one attached hydrogen (secondary N) is 1. The van der Waals surface area contributed by atoms with E-state index in [1.807, 2.05) is 0 Å². The fourth-order valence-corrected chi connectivity index (χ4v) is 2.47. The van der Waals surface area contributed by atoms with Crippen LogP contribution in [-0.4, -0.2) is 33.7 Å². The lowest BCUT2D eigenvalue weighted by Crippen LogP contribution is -2.14. The highest BCUT2D eigenvalue weighted by molar-refractivity contribution is 9.10. The van der Waals surface area contributed by atoms with Gasteiger partial charge in [0.2, 0.25) is 0 Å². The van der Waals surface area contributed by atoms with Crippen molar-refractivity contribution in [3.05, 3.63) is 48.5 Å². The van der Waals surface area contributed by atoms with Crippen molar-refractivity contribution in [1.82, 2.24) is 9.97 Å². The average Bonchev–Trinajstić information content (AvgIpc) is 2.57. The lowest BCUT2D eigenvalue weighted by Gasteiger charge is -2.12. The van der Waals surface area contributed by atoms with Crippen LogP contribution in [-0.2, 0) is 0 Å². The van der Waals surface area contributed by atoms with E-state index in [0.29, 0.717) is 21.5 Å². The van der Waals surface area contributed by atoms with Crippen molar-refractivity contribution < 1.29 is 19.5 Å². The number of nitrogens with zero attached hydrogens (tertiary/aromatic N) is 2. The molecule has 1 aromatic heterocycles. The van der Waals surface area contributed by atoms with E-state index in [2.05, 4.69) is 31.8 Å². The molecule has 0 bridgehead atoms. The molecule has 0 aliphatic heterocycles. The number of nitro groups is 1. The van der Waals surface area contributed by atoms with Gasteiger partial charge in [-0.3, -0.25) is 14.9 Å². The number of rotatable bonds is 6. The molecule has 0 radical (unpaired) electrons. The van der Waals surface area contributed by atoms with Crippen LogP contribution in [0.2, 0.25) is 0 Å². The van der Waals surface area contributed by atoms with Gasteiger partial charge >= 0.3 is 11.2 Å². The molecule has 0 unspecified atom stereocenters. The summed E-state index contributed by atoms with van der Waals surface area (Å²) in [6.07, 6.45) is 8.07. The molecule has 0 spiro atoms. The Morgan fingerprint density at radius 1 is 1.50 bits per heavy atom. The van der Waals surface area contributed by atoms with E-state index in [1.165, 1.54) is 19.3 Å². The molecule has 0 aliphatic carbocycles. The highest BCUT2D eigenvalue weighted by Crippen LogP contribution is 2.36. The van der Waals surface area contributed by atoms with Crippen molar-refractivity contribution in [3.8, 4) is 29.7 Å². The quantitative estimate of drug-likeness (QED) is 0.416. The Balaban J connectivity index is 2.48. The summed E-state index contributed by atoms with van der Waals surface area (Å²) in [6, 6.07) is 3.38. The van der Waals surface area contributed by atoms with Crippen molar-refractivity contribution in [3.63, 3.8) is 0 Å². The predicted octanol–water partition coefficient (Wildman–Crippen LogP) is 2.34. The van der Waals surface area contributed by atoms with E-state index in [9.17, 15) is 20.0 Å². The maximum Gasteiger partial charge on any atom is 0.395 e. The van der Waals surface area contributed by atoms with Gasteiger partial charge in [0.25, 0.3) is 5.88 Å². The average molecular weight is 422 g/mol. The number of benzene rings is 1. The van der Waals surface area contributed by atoms with Gasteiger partial charge in [0, 0.05) is 10.0 Å². The molecule has 10 heteroatoms. The lowest BCUT2D eigenvalue weighted by molar-refractivity contribution is -0.387. The van der Waals surface area contributed by atoms with Crippen molar-refractivity contribution >= 4 is 33.8 Å². The van der Waals surface area contributed by atoms with Gasteiger partial charge < -0.3 is 19.6 Å². The third kappa shape index (κ3) is 4.20. The molecule has 2 rings (SSSR count). The Hall–Kier alpha value is -3.32. The smallest absolute Gasteiger partial charge is 0.395 e. The molecule has 1 aromatic carbocycles. The second-order valence-corrected chi connectivity index (χ2v) is 5.65. The minimum Gasteiger partial charge on any atom is -0.493 e. The minimum atomic E-state index is -1.07. The van der Waals surface area contributed by atoms with Gasteiger partial charge in [0.15, 0.2) is 11.5 Å². The number of aromatic hydroxyl groups is 1. The first kappa shape index (κ1) is 19.0. The monoisotopic (exact) mass is 421 g/mol. The third-order valence-corrected chi connectivity index (χ3v) is 3.52. The third-order valence-electron chi connectivity index (χ3n) is 3.07. The van der Waals surface area contributed by atoms with Crippen LogP contribution in [0.15, 0.2) is 21.4 Å². The number of halogens is 1. The van der Waals surface area contributed by atoms with E-state index in [-0.39, 0.29) is 12.4 Å². The van der Waals surface area contributed by atoms with Crippen molar-refractivity contribution in [2.75, 3.05) is 13.7 Å². The molecule has 0 atom stereocenters. The first-order chi connectivity index (χ1) is 12.4. The van der Waals surface area contributed by atoms with Crippen LogP contribution in [0.4, 0.5) is 5.69 Å². The Labute approximate surface area is 155 Å². The fourth-order valence-electron chi connectivity index (χ4n) is 2.02. The van der Waals surface area contributed by atoms with Gasteiger partial charge in [-0.1, -0.05) is 21.9 Å². The predicted molar refractivity (Wildman–Crippen MR) is 97.1 cm³/mol. The molecular weight excluding hydrogens is 410 g/mol. The Morgan fingerprint density at radius 2 is 2.23 bits per heavy atom. The number of hydrogen-bond acceptors (Lipinski definition) is 7.